The van der Waals surface area contributed by atoms with Crippen molar-refractivity contribution in [3.63, 3.8) is 0 Å². The monoisotopic (exact) mass is 244 g/mol. The molecular formula is C15H20N2O. The minimum atomic E-state index is 0.507. The van der Waals surface area contributed by atoms with Crippen molar-refractivity contribution in [1.29, 1.82) is 0 Å². The van der Waals surface area contributed by atoms with E-state index >= 15 is 0 Å². The van der Waals surface area contributed by atoms with Gasteiger partial charge in [-0.3, -0.25) is 4.90 Å². The predicted octanol–water partition coefficient (Wildman–Crippen LogP) is 2.90. The van der Waals surface area contributed by atoms with Crippen molar-refractivity contribution in [3.8, 4) is 0 Å². The molecule has 3 nitrogen and oxygen atoms in total. The number of para-hydroxylation sites is 1. The summed E-state index contributed by atoms with van der Waals surface area (Å²) in [4.78, 5) is 2.18. The Morgan fingerprint density at radius 2 is 2.11 bits per heavy atom. The third-order valence-corrected chi connectivity index (χ3v) is 2.94. The molecule has 0 fully saturated rings. The maximum Gasteiger partial charge on any atom is 0.134 e. The largest absolute Gasteiger partial charge is 0.459 e. The maximum atomic E-state index is 5.89. The van der Waals surface area contributed by atoms with E-state index < -0.39 is 0 Å². The molecule has 1 heterocycles. The zero-order valence-electron chi connectivity index (χ0n) is 11.1. The molecule has 18 heavy (non-hydrogen) atoms. The summed E-state index contributed by atoms with van der Waals surface area (Å²) in [6.45, 7) is 8.08. The summed E-state index contributed by atoms with van der Waals surface area (Å²) in [7, 11) is 2.06. The molecule has 0 unspecified atom stereocenters. The zero-order valence-corrected chi connectivity index (χ0v) is 11.1. The Labute approximate surface area is 108 Å². The fourth-order valence-corrected chi connectivity index (χ4v) is 2.26. The lowest BCUT2D eigenvalue weighted by atomic mass is 10.1. The Balaban J connectivity index is 2.30. The molecule has 96 valence electrons. The van der Waals surface area contributed by atoms with Gasteiger partial charge in [0.15, 0.2) is 0 Å². The molecule has 0 saturated heterocycles. The van der Waals surface area contributed by atoms with Crippen molar-refractivity contribution < 1.29 is 4.42 Å². The molecule has 0 amide bonds. The summed E-state index contributed by atoms with van der Waals surface area (Å²) in [5, 5.41) is 1.12. The number of nitrogens with zero attached hydrogens (tertiary/aromatic N) is 1. The molecule has 0 aliphatic heterocycles. The van der Waals surface area contributed by atoms with E-state index in [1.807, 2.05) is 25.1 Å². The van der Waals surface area contributed by atoms with E-state index in [1.165, 1.54) is 0 Å². The van der Waals surface area contributed by atoms with Crippen LogP contribution in [0.15, 0.2) is 40.8 Å². The van der Waals surface area contributed by atoms with E-state index in [9.17, 15) is 0 Å². The number of likely N-dealkylation sites (N-methyl/N-ethyl adjacent to an activating group) is 1. The first kappa shape index (κ1) is 12.9. The second-order valence-corrected chi connectivity index (χ2v) is 4.83. The van der Waals surface area contributed by atoms with Gasteiger partial charge in [-0.15, -0.1) is 0 Å². The normalized spacial score (nSPS) is 11.3. The summed E-state index contributed by atoms with van der Waals surface area (Å²) in [5.41, 5.74) is 9.01. The lowest BCUT2D eigenvalue weighted by molar-refractivity contribution is 0.320. The molecule has 3 heteroatoms. The zero-order chi connectivity index (χ0) is 13.1. The fraction of sp³-hybridized carbons (Fsp3) is 0.333. The molecule has 2 N–H and O–H groups in total. The molecule has 0 atom stereocenters. The maximum absolute atomic E-state index is 5.89. The van der Waals surface area contributed by atoms with Gasteiger partial charge in [0, 0.05) is 24.0 Å². The predicted molar refractivity (Wildman–Crippen MR) is 75.3 cm³/mol. The van der Waals surface area contributed by atoms with Crippen LogP contribution in [-0.2, 0) is 13.1 Å². The van der Waals surface area contributed by atoms with E-state index in [0.717, 1.165) is 41.0 Å². The van der Waals surface area contributed by atoms with Crippen LogP contribution in [0.4, 0.5) is 0 Å². The van der Waals surface area contributed by atoms with Gasteiger partial charge in [-0.1, -0.05) is 30.4 Å². The highest BCUT2D eigenvalue weighted by molar-refractivity contribution is 5.82. The van der Waals surface area contributed by atoms with Gasteiger partial charge in [0.25, 0.3) is 0 Å². The van der Waals surface area contributed by atoms with E-state index in [2.05, 4.69) is 24.6 Å². The molecular weight excluding hydrogens is 224 g/mol. The molecule has 1 aromatic carbocycles. The molecule has 0 aliphatic rings. The molecule has 0 radical (unpaired) electrons. The van der Waals surface area contributed by atoms with Crippen LogP contribution < -0.4 is 5.73 Å². The first-order valence-electron chi connectivity index (χ1n) is 6.14. The molecule has 0 spiro atoms. The summed E-state index contributed by atoms with van der Waals surface area (Å²) >= 11 is 0. The minimum absolute atomic E-state index is 0.507. The molecule has 0 bridgehead atoms. The van der Waals surface area contributed by atoms with E-state index in [0.29, 0.717) is 6.54 Å². The van der Waals surface area contributed by atoms with Gasteiger partial charge in [-0.05, 0) is 20.0 Å². The fourth-order valence-electron chi connectivity index (χ4n) is 2.26. The third-order valence-electron chi connectivity index (χ3n) is 2.94. The van der Waals surface area contributed by atoms with Gasteiger partial charge in [-0.25, -0.2) is 0 Å². The van der Waals surface area contributed by atoms with Crippen LogP contribution in [0, 0.1) is 0 Å². The Morgan fingerprint density at radius 1 is 1.39 bits per heavy atom. The van der Waals surface area contributed by atoms with Crippen LogP contribution >= 0.6 is 0 Å². The van der Waals surface area contributed by atoms with Gasteiger partial charge in [-0.2, -0.15) is 0 Å². The van der Waals surface area contributed by atoms with E-state index in [4.69, 9.17) is 10.2 Å². The van der Waals surface area contributed by atoms with Gasteiger partial charge < -0.3 is 10.2 Å². The Morgan fingerprint density at radius 3 is 2.78 bits per heavy atom. The first-order chi connectivity index (χ1) is 8.61. The number of hydrogen-bond acceptors (Lipinski definition) is 3. The average molecular weight is 244 g/mol. The third kappa shape index (κ3) is 2.63. The highest BCUT2D eigenvalue weighted by Gasteiger charge is 2.13. The standard InChI is InChI=1S/C15H20N2O/c1-11(2)9-17(3)10-15-13(8-16)12-6-4-5-7-14(12)18-15/h4-7H,1,8-10,16H2,2-3H3. The number of rotatable bonds is 5. The van der Waals surface area contributed by atoms with Crippen molar-refractivity contribution in [3.05, 3.63) is 47.7 Å². The van der Waals surface area contributed by atoms with E-state index in [1.54, 1.807) is 0 Å². The summed E-state index contributed by atoms with van der Waals surface area (Å²) in [6, 6.07) is 8.03. The molecule has 0 saturated carbocycles. The average Bonchev–Trinajstić information content (AvgIpc) is 2.64. The molecule has 2 aromatic rings. The van der Waals surface area contributed by atoms with Gasteiger partial charge in [0.1, 0.15) is 11.3 Å². The second kappa shape index (κ2) is 5.38. The van der Waals surface area contributed by atoms with Crippen LogP contribution in [0.3, 0.4) is 0 Å². The van der Waals surface area contributed by atoms with Gasteiger partial charge >= 0.3 is 0 Å². The quantitative estimate of drug-likeness (QED) is 0.822. The Kier molecular flexibility index (Phi) is 3.84. The SMILES string of the molecule is C=C(C)CN(C)Cc1oc2ccccc2c1CN. The highest BCUT2D eigenvalue weighted by Crippen LogP contribution is 2.26. The van der Waals surface area contributed by atoms with Crippen LogP contribution in [0.5, 0.6) is 0 Å². The van der Waals surface area contributed by atoms with Crippen molar-refractivity contribution in [2.24, 2.45) is 5.73 Å². The van der Waals surface area contributed by atoms with Crippen LogP contribution in [-0.4, -0.2) is 18.5 Å². The summed E-state index contributed by atoms with van der Waals surface area (Å²) < 4.78 is 5.89. The summed E-state index contributed by atoms with van der Waals surface area (Å²) in [6.07, 6.45) is 0. The Hall–Kier alpha value is -1.58. The van der Waals surface area contributed by atoms with E-state index in [-0.39, 0.29) is 0 Å². The number of hydrogen-bond donors (Lipinski definition) is 1. The van der Waals surface area contributed by atoms with Crippen molar-refractivity contribution in [2.75, 3.05) is 13.6 Å². The first-order valence-corrected chi connectivity index (χ1v) is 6.14. The molecule has 1 aromatic heterocycles. The Bertz CT molecular complexity index is 557. The number of nitrogens with two attached hydrogens (primary N) is 1. The summed E-state index contributed by atoms with van der Waals surface area (Å²) in [5.74, 6) is 0.961. The van der Waals surface area contributed by atoms with Crippen LogP contribution in [0.2, 0.25) is 0 Å². The van der Waals surface area contributed by atoms with Crippen LogP contribution in [0.1, 0.15) is 18.2 Å². The van der Waals surface area contributed by atoms with Crippen molar-refractivity contribution in [1.82, 2.24) is 4.90 Å². The van der Waals surface area contributed by atoms with Crippen molar-refractivity contribution in [2.45, 2.75) is 20.0 Å². The lowest BCUT2D eigenvalue weighted by Crippen LogP contribution is -2.20. The number of furan rings is 1. The smallest absolute Gasteiger partial charge is 0.134 e. The number of fused-ring (bicyclic) bond motifs is 1. The molecule has 0 aliphatic carbocycles. The number of benzene rings is 1. The topological polar surface area (TPSA) is 42.4 Å². The van der Waals surface area contributed by atoms with Gasteiger partial charge in [0.05, 0.1) is 6.54 Å². The van der Waals surface area contributed by atoms with Gasteiger partial charge in [0.2, 0.25) is 0 Å². The van der Waals surface area contributed by atoms with Crippen molar-refractivity contribution >= 4 is 11.0 Å². The molecule has 2 rings (SSSR count). The lowest BCUT2D eigenvalue weighted by Gasteiger charge is -2.15. The minimum Gasteiger partial charge on any atom is -0.459 e. The highest BCUT2D eigenvalue weighted by atomic mass is 16.3. The second-order valence-electron chi connectivity index (χ2n) is 4.83. The van der Waals surface area contributed by atoms with Crippen LogP contribution in [0.25, 0.3) is 11.0 Å².